The number of ether oxygens (including phenoxy) is 2. The second-order valence-electron chi connectivity index (χ2n) is 5.09. The fourth-order valence-corrected chi connectivity index (χ4v) is 2.85. The van der Waals surface area contributed by atoms with E-state index >= 15 is 0 Å². The number of carbonyl (C=O) groups excluding carboxylic acids is 1. The van der Waals surface area contributed by atoms with Crippen molar-refractivity contribution in [1.29, 1.82) is 0 Å². The summed E-state index contributed by atoms with van der Waals surface area (Å²) in [5.74, 6) is 0.463. The van der Waals surface area contributed by atoms with Crippen LogP contribution in [0.3, 0.4) is 0 Å². The van der Waals surface area contributed by atoms with E-state index in [1.807, 2.05) is 13.8 Å². The number of anilines is 1. The normalized spacial score (nSPS) is 11.2. The van der Waals surface area contributed by atoms with E-state index in [1.54, 1.807) is 31.2 Å². The van der Waals surface area contributed by atoms with Crippen molar-refractivity contribution in [2.45, 2.75) is 26.9 Å². The van der Waals surface area contributed by atoms with Crippen molar-refractivity contribution in [1.82, 2.24) is 5.32 Å². The molecule has 0 aliphatic rings. The molecule has 0 bridgehead atoms. The summed E-state index contributed by atoms with van der Waals surface area (Å²) in [6.45, 7) is 5.74. The lowest BCUT2D eigenvalue weighted by atomic mass is 10.3. The number of benzene rings is 1. The van der Waals surface area contributed by atoms with Crippen LogP contribution in [0.1, 0.15) is 20.8 Å². The number of hydrogen-bond donors (Lipinski definition) is 1. The summed E-state index contributed by atoms with van der Waals surface area (Å²) in [4.78, 5) is 11.1. The topological polar surface area (TPSA) is 84.9 Å². The van der Waals surface area contributed by atoms with Gasteiger partial charge in [0.05, 0.1) is 24.2 Å². The minimum Gasteiger partial charge on any atom is -0.491 e. The Labute approximate surface area is 137 Å². The highest BCUT2D eigenvalue weighted by atomic mass is 32.2. The maximum absolute atomic E-state index is 12.2. The van der Waals surface area contributed by atoms with E-state index in [-0.39, 0.29) is 25.0 Å². The molecule has 0 radical (unpaired) electrons. The number of sulfonamides is 1. The number of nitrogens with one attached hydrogen (secondary N) is 1. The molecule has 1 N–H and O–H groups in total. The van der Waals surface area contributed by atoms with E-state index in [0.29, 0.717) is 11.4 Å². The third kappa shape index (κ3) is 6.35. The van der Waals surface area contributed by atoms with E-state index in [9.17, 15) is 13.2 Å². The molecule has 1 amide bonds. The van der Waals surface area contributed by atoms with Gasteiger partial charge in [-0.15, -0.1) is 0 Å². The van der Waals surface area contributed by atoms with Crippen LogP contribution in [-0.4, -0.2) is 46.6 Å². The maximum atomic E-state index is 12.2. The minimum atomic E-state index is -3.54. The van der Waals surface area contributed by atoms with Gasteiger partial charge in [0.1, 0.15) is 5.75 Å². The van der Waals surface area contributed by atoms with Gasteiger partial charge in [-0.2, -0.15) is 0 Å². The van der Waals surface area contributed by atoms with Gasteiger partial charge in [0.25, 0.3) is 0 Å². The summed E-state index contributed by atoms with van der Waals surface area (Å²) in [7, 11) is -2.07. The molecule has 0 aromatic heterocycles. The number of amides is 1. The van der Waals surface area contributed by atoms with Gasteiger partial charge in [0.2, 0.25) is 10.0 Å². The molecule has 1 aromatic rings. The van der Waals surface area contributed by atoms with Crippen molar-refractivity contribution in [3.8, 4) is 5.75 Å². The van der Waals surface area contributed by atoms with Gasteiger partial charge in [0.15, 0.2) is 0 Å². The van der Waals surface area contributed by atoms with Gasteiger partial charge in [-0.05, 0) is 45.0 Å². The molecule has 0 spiro atoms. The van der Waals surface area contributed by atoms with Crippen LogP contribution in [0.4, 0.5) is 10.5 Å². The molecular weight excluding hydrogens is 320 g/mol. The van der Waals surface area contributed by atoms with Gasteiger partial charge in [-0.1, -0.05) is 0 Å². The van der Waals surface area contributed by atoms with Gasteiger partial charge in [-0.3, -0.25) is 4.31 Å². The fourth-order valence-electron chi connectivity index (χ4n) is 1.77. The fraction of sp³-hybridized carbons (Fsp3) is 0.533. The molecule has 130 valence electrons. The molecule has 1 aromatic carbocycles. The third-order valence-corrected chi connectivity index (χ3v) is 4.66. The van der Waals surface area contributed by atoms with Gasteiger partial charge in [-0.25, -0.2) is 13.2 Å². The average Bonchev–Trinajstić information content (AvgIpc) is 2.46. The lowest BCUT2D eigenvalue weighted by Crippen LogP contribution is -2.35. The number of rotatable bonds is 8. The van der Waals surface area contributed by atoms with Crippen molar-refractivity contribution < 1.29 is 22.7 Å². The van der Waals surface area contributed by atoms with Crippen LogP contribution in [0.2, 0.25) is 0 Å². The second kappa shape index (κ2) is 8.61. The summed E-state index contributed by atoms with van der Waals surface area (Å²) in [5.41, 5.74) is 0.525. The number of carbonyl (C=O) groups is 1. The number of nitrogens with zero attached hydrogens (tertiary/aromatic N) is 1. The standard InChI is InChI=1S/C15H24N2O5S/c1-5-21-15(18)16-10-11-23(19,20)17(4)13-6-8-14(9-7-13)22-12(2)3/h6-9,12H,5,10-11H2,1-4H3,(H,16,18). The molecule has 0 aliphatic carbocycles. The van der Waals surface area contributed by atoms with Crippen LogP contribution in [0.5, 0.6) is 5.75 Å². The van der Waals surface area contributed by atoms with Crippen molar-refractivity contribution in [2.24, 2.45) is 0 Å². The number of alkyl carbamates (subject to hydrolysis) is 1. The van der Waals surface area contributed by atoms with Gasteiger partial charge >= 0.3 is 6.09 Å². The third-order valence-electron chi connectivity index (χ3n) is 2.89. The Kier molecular flexibility index (Phi) is 7.15. The summed E-state index contributed by atoms with van der Waals surface area (Å²) >= 11 is 0. The molecule has 23 heavy (non-hydrogen) atoms. The largest absolute Gasteiger partial charge is 0.491 e. The highest BCUT2D eigenvalue weighted by Gasteiger charge is 2.18. The predicted molar refractivity (Wildman–Crippen MR) is 89.4 cm³/mol. The van der Waals surface area contributed by atoms with Crippen LogP contribution in [-0.2, 0) is 14.8 Å². The minimum absolute atomic E-state index is 0.0138. The maximum Gasteiger partial charge on any atom is 0.407 e. The van der Waals surface area contributed by atoms with Gasteiger partial charge in [0, 0.05) is 13.6 Å². The highest BCUT2D eigenvalue weighted by Crippen LogP contribution is 2.21. The Hall–Kier alpha value is -1.96. The molecule has 0 fully saturated rings. The Morgan fingerprint density at radius 2 is 1.87 bits per heavy atom. The zero-order valence-corrected chi connectivity index (χ0v) is 14.7. The van der Waals surface area contributed by atoms with Crippen molar-refractivity contribution >= 4 is 21.8 Å². The summed E-state index contributed by atoms with van der Waals surface area (Å²) in [5, 5.41) is 2.39. The van der Waals surface area contributed by atoms with E-state index in [4.69, 9.17) is 4.74 Å². The van der Waals surface area contributed by atoms with Crippen molar-refractivity contribution in [3.05, 3.63) is 24.3 Å². The van der Waals surface area contributed by atoms with E-state index in [1.165, 1.54) is 11.4 Å². The Morgan fingerprint density at radius 1 is 1.26 bits per heavy atom. The zero-order chi connectivity index (χ0) is 17.5. The molecule has 0 aliphatic heterocycles. The van der Waals surface area contributed by atoms with Crippen LogP contribution < -0.4 is 14.4 Å². The quantitative estimate of drug-likeness (QED) is 0.779. The van der Waals surface area contributed by atoms with Crippen LogP contribution in [0.25, 0.3) is 0 Å². The molecule has 0 heterocycles. The molecule has 0 unspecified atom stereocenters. The zero-order valence-electron chi connectivity index (χ0n) is 13.9. The average molecular weight is 344 g/mol. The monoisotopic (exact) mass is 344 g/mol. The molecule has 7 nitrogen and oxygen atoms in total. The summed E-state index contributed by atoms with van der Waals surface area (Å²) in [6.07, 6.45) is -0.572. The van der Waals surface area contributed by atoms with Crippen molar-refractivity contribution in [3.63, 3.8) is 0 Å². The molecular formula is C15H24N2O5S. The highest BCUT2D eigenvalue weighted by molar-refractivity contribution is 7.92. The second-order valence-corrected chi connectivity index (χ2v) is 7.21. The molecule has 0 saturated heterocycles. The Balaban J connectivity index is 2.63. The van der Waals surface area contributed by atoms with Crippen LogP contribution >= 0.6 is 0 Å². The number of hydrogen-bond acceptors (Lipinski definition) is 5. The molecule has 1 rings (SSSR count). The first-order chi connectivity index (χ1) is 10.8. The molecule has 0 saturated carbocycles. The lowest BCUT2D eigenvalue weighted by Gasteiger charge is -2.20. The van der Waals surface area contributed by atoms with E-state index < -0.39 is 16.1 Å². The van der Waals surface area contributed by atoms with Crippen molar-refractivity contribution in [2.75, 3.05) is 30.3 Å². The molecule has 8 heteroatoms. The summed E-state index contributed by atoms with van der Waals surface area (Å²) < 4.78 is 35.8. The van der Waals surface area contributed by atoms with E-state index in [0.717, 1.165) is 0 Å². The predicted octanol–water partition coefficient (Wildman–Crippen LogP) is 1.99. The Morgan fingerprint density at radius 3 is 2.39 bits per heavy atom. The lowest BCUT2D eigenvalue weighted by molar-refractivity contribution is 0.153. The first-order valence-corrected chi connectivity index (χ1v) is 9.01. The smallest absolute Gasteiger partial charge is 0.407 e. The van der Waals surface area contributed by atoms with Crippen LogP contribution in [0, 0.1) is 0 Å². The van der Waals surface area contributed by atoms with Gasteiger partial charge < -0.3 is 14.8 Å². The first-order valence-electron chi connectivity index (χ1n) is 7.40. The van der Waals surface area contributed by atoms with Crippen LogP contribution in [0.15, 0.2) is 24.3 Å². The molecule has 0 atom stereocenters. The Bertz CT molecular complexity index is 599. The summed E-state index contributed by atoms with van der Waals surface area (Å²) in [6, 6.07) is 6.79. The first kappa shape index (κ1) is 19.1. The SMILES string of the molecule is CCOC(=O)NCCS(=O)(=O)N(C)c1ccc(OC(C)C)cc1. The van der Waals surface area contributed by atoms with E-state index in [2.05, 4.69) is 10.1 Å².